The zero-order valence-corrected chi connectivity index (χ0v) is 20.2. The number of pyridine rings is 1. The number of aromatic nitrogens is 2. The molecule has 10 nitrogen and oxygen atoms in total. The van der Waals surface area contributed by atoms with Gasteiger partial charge < -0.3 is 29.0 Å². The molecule has 10 heteroatoms. The first-order valence-electron chi connectivity index (χ1n) is 10.9. The summed E-state index contributed by atoms with van der Waals surface area (Å²) in [5, 5.41) is 11.5. The lowest BCUT2D eigenvalue weighted by Gasteiger charge is -2.26. The second-order valence-electron chi connectivity index (χ2n) is 7.92. The Kier molecular flexibility index (Phi) is 6.65. The molecule has 3 heterocycles. The number of ether oxygens (including phenoxy) is 4. The van der Waals surface area contributed by atoms with E-state index in [1.54, 1.807) is 41.8 Å². The number of aryl methyl sites for hydroxylation is 1. The summed E-state index contributed by atoms with van der Waals surface area (Å²) in [4.78, 5) is 32.3. The minimum atomic E-state index is -0.924. The van der Waals surface area contributed by atoms with Crippen molar-refractivity contribution in [1.29, 1.82) is 0 Å². The normalized spacial score (nSPS) is 17.3. The van der Waals surface area contributed by atoms with Crippen molar-refractivity contribution < 1.29 is 33.6 Å². The Bertz CT molecular complexity index is 1300. The number of rotatable bonds is 8. The molecule has 1 aliphatic heterocycles. The summed E-state index contributed by atoms with van der Waals surface area (Å²) in [5.41, 5.74) is 1.89. The maximum atomic E-state index is 13.3. The summed E-state index contributed by atoms with van der Waals surface area (Å²) < 4.78 is 23.2. The third kappa shape index (κ3) is 3.95. The van der Waals surface area contributed by atoms with Crippen molar-refractivity contribution in [3.63, 3.8) is 0 Å². The van der Waals surface area contributed by atoms with E-state index in [1.165, 1.54) is 33.3 Å². The maximum Gasteiger partial charge on any atom is 0.295 e. The van der Waals surface area contributed by atoms with E-state index in [2.05, 4.69) is 4.98 Å². The quantitative estimate of drug-likeness (QED) is 0.297. The van der Waals surface area contributed by atoms with Crippen molar-refractivity contribution in [2.45, 2.75) is 13.0 Å². The molecular formula is C25H27N3O7. The molecule has 0 saturated carbocycles. The largest absolute Gasteiger partial charge is 0.505 e. The monoisotopic (exact) mass is 481 g/mol. The molecule has 0 bridgehead atoms. The van der Waals surface area contributed by atoms with Gasteiger partial charge in [-0.3, -0.25) is 14.0 Å². The first-order valence-corrected chi connectivity index (χ1v) is 10.9. The Morgan fingerprint density at radius 3 is 2.34 bits per heavy atom. The van der Waals surface area contributed by atoms with E-state index in [0.717, 1.165) is 0 Å². The van der Waals surface area contributed by atoms with Gasteiger partial charge >= 0.3 is 0 Å². The number of benzene rings is 1. The van der Waals surface area contributed by atoms with Crippen LogP contribution in [0.25, 0.3) is 11.4 Å². The van der Waals surface area contributed by atoms with Gasteiger partial charge in [-0.15, -0.1) is 0 Å². The minimum absolute atomic E-state index is 0.0610. The topological polar surface area (TPSA) is 112 Å². The van der Waals surface area contributed by atoms with Crippen LogP contribution < -0.4 is 14.2 Å². The molecule has 1 atom stereocenters. The fourth-order valence-electron chi connectivity index (χ4n) is 4.43. The number of Topliss-reactive ketones (excluding diaryl/α,β-unsaturated/α-hetero) is 1. The van der Waals surface area contributed by atoms with Gasteiger partial charge in [0.2, 0.25) is 5.75 Å². The van der Waals surface area contributed by atoms with Crippen LogP contribution in [0.1, 0.15) is 23.0 Å². The number of fused-ring (bicyclic) bond motifs is 1. The molecule has 0 aliphatic carbocycles. The molecule has 1 aliphatic rings. The van der Waals surface area contributed by atoms with Gasteiger partial charge in [0.25, 0.3) is 11.7 Å². The van der Waals surface area contributed by atoms with E-state index >= 15 is 0 Å². The Morgan fingerprint density at radius 1 is 1.06 bits per heavy atom. The molecule has 1 unspecified atom stereocenters. The highest BCUT2D eigenvalue weighted by atomic mass is 16.5. The third-order valence-corrected chi connectivity index (χ3v) is 6.01. The summed E-state index contributed by atoms with van der Waals surface area (Å²) in [5.74, 6) is -0.796. The molecule has 1 aromatic carbocycles. The number of methoxy groups -OCH3 is 4. The molecule has 1 fully saturated rings. The van der Waals surface area contributed by atoms with Gasteiger partial charge in [0.05, 0.1) is 45.2 Å². The van der Waals surface area contributed by atoms with Crippen molar-refractivity contribution >= 4 is 23.1 Å². The molecule has 1 saturated heterocycles. The molecule has 0 spiro atoms. The zero-order valence-electron chi connectivity index (χ0n) is 20.2. The summed E-state index contributed by atoms with van der Waals surface area (Å²) >= 11 is 0. The summed E-state index contributed by atoms with van der Waals surface area (Å²) in [6.07, 6.45) is 1.74. The first-order chi connectivity index (χ1) is 16.9. The van der Waals surface area contributed by atoms with Crippen molar-refractivity contribution in [3.8, 4) is 17.2 Å². The van der Waals surface area contributed by atoms with Gasteiger partial charge in [-0.25, -0.2) is 4.98 Å². The van der Waals surface area contributed by atoms with Gasteiger partial charge in [-0.2, -0.15) is 0 Å². The highest BCUT2D eigenvalue weighted by molar-refractivity contribution is 6.46. The van der Waals surface area contributed by atoms with Crippen LogP contribution in [0.3, 0.4) is 0 Å². The number of amides is 1. The molecular weight excluding hydrogens is 454 g/mol. The number of aliphatic hydroxyl groups is 1. The molecule has 2 aromatic heterocycles. The first kappa shape index (κ1) is 24.1. The maximum absolute atomic E-state index is 13.3. The van der Waals surface area contributed by atoms with Crippen LogP contribution in [-0.2, 0) is 14.3 Å². The van der Waals surface area contributed by atoms with E-state index in [0.29, 0.717) is 39.8 Å². The van der Waals surface area contributed by atoms with Crippen LogP contribution in [0.5, 0.6) is 17.2 Å². The fourth-order valence-corrected chi connectivity index (χ4v) is 4.43. The van der Waals surface area contributed by atoms with Crippen LogP contribution in [0, 0.1) is 6.92 Å². The molecule has 4 rings (SSSR count). The lowest BCUT2D eigenvalue weighted by atomic mass is 9.95. The number of carbonyl (C=O) groups is 2. The van der Waals surface area contributed by atoms with Crippen LogP contribution in [-0.4, -0.2) is 72.7 Å². The summed E-state index contributed by atoms with van der Waals surface area (Å²) in [7, 11) is 5.94. The van der Waals surface area contributed by atoms with Crippen molar-refractivity contribution in [3.05, 3.63) is 59.1 Å². The Labute approximate surface area is 202 Å². The van der Waals surface area contributed by atoms with Crippen molar-refractivity contribution in [2.75, 3.05) is 41.6 Å². The number of nitrogens with zero attached hydrogens (tertiary/aromatic N) is 3. The minimum Gasteiger partial charge on any atom is -0.505 e. The SMILES string of the molecule is COCCN1C(=O)C(=O)C(=C(O)c2c(C)nc3ccccn23)C1c1cc(OC)c(OC)c(OC)c1. The Balaban J connectivity index is 2.00. The standard InChI is InChI=1S/C25H27N3O7/c1-14-20(27-9-7-6-8-18(27)26-14)22(29)19-21(28(10-11-32-2)25(31)23(19)30)15-12-16(33-3)24(35-5)17(13-15)34-4/h6-9,12-13,21,29H,10-11H2,1-5H3. The van der Waals surface area contributed by atoms with Crippen molar-refractivity contribution in [1.82, 2.24) is 14.3 Å². The molecule has 184 valence electrons. The van der Waals surface area contributed by atoms with Crippen LogP contribution in [0.4, 0.5) is 0 Å². The van der Waals surface area contributed by atoms with E-state index in [-0.39, 0.29) is 24.5 Å². The average Bonchev–Trinajstić information content (AvgIpc) is 3.33. The molecule has 1 amide bonds. The number of hydrogen-bond donors (Lipinski definition) is 1. The molecule has 35 heavy (non-hydrogen) atoms. The number of likely N-dealkylation sites (tertiary alicyclic amines) is 1. The highest BCUT2D eigenvalue weighted by Crippen LogP contribution is 2.45. The van der Waals surface area contributed by atoms with Crippen molar-refractivity contribution in [2.24, 2.45) is 0 Å². The lowest BCUT2D eigenvalue weighted by molar-refractivity contribution is -0.140. The smallest absolute Gasteiger partial charge is 0.295 e. The van der Waals surface area contributed by atoms with E-state index in [4.69, 9.17) is 18.9 Å². The third-order valence-electron chi connectivity index (χ3n) is 6.01. The Morgan fingerprint density at radius 2 is 1.74 bits per heavy atom. The fraction of sp³-hybridized carbons (Fsp3) is 0.320. The van der Waals surface area contributed by atoms with E-state index in [1.807, 2.05) is 6.07 Å². The zero-order chi connectivity index (χ0) is 25.3. The molecule has 0 radical (unpaired) electrons. The number of imidazole rings is 1. The summed E-state index contributed by atoms with van der Waals surface area (Å²) in [6.45, 7) is 2.06. The number of ketones is 1. The number of aliphatic hydroxyl groups excluding tert-OH is 1. The lowest BCUT2D eigenvalue weighted by Crippen LogP contribution is -2.32. The van der Waals surface area contributed by atoms with Crippen LogP contribution >= 0.6 is 0 Å². The predicted molar refractivity (Wildman–Crippen MR) is 127 cm³/mol. The average molecular weight is 482 g/mol. The number of hydrogen-bond acceptors (Lipinski definition) is 8. The van der Waals surface area contributed by atoms with Gasteiger partial charge in [0, 0.05) is 19.9 Å². The second kappa shape index (κ2) is 9.67. The predicted octanol–water partition coefficient (Wildman–Crippen LogP) is 2.74. The number of carbonyl (C=O) groups excluding carboxylic acids is 2. The Hall–Kier alpha value is -4.05. The molecule has 1 N–H and O–H groups in total. The van der Waals surface area contributed by atoms with Gasteiger partial charge in [0.1, 0.15) is 11.3 Å². The van der Waals surface area contributed by atoms with E-state index < -0.39 is 17.7 Å². The summed E-state index contributed by atoms with van der Waals surface area (Å²) in [6, 6.07) is 7.80. The van der Waals surface area contributed by atoms with Gasteiger partial charge in [0.15, 0.2) is 17.3 Å². The van der Waals surface area contributed by atoms with Gasteiger partial charge in [-0.1, -0.05) is 6.07 Å². The van der Waals surface area contributed by atoms with Gasteiger partial charge in [-0.05, 0) is 36.8 Å². The van der Waals surface area contributed by atoms with Crippen LogP contribution in [0.2, 0.25) is 0 Å². The van der Waals surface area contributed by atoms with E-state index in [9.17, 15) is 14.7 Å². The second-order valence-corrected chi connectivity index (χ2v) is 7.92. The highest BCUT2D eigenvalue weighted by Gasteiger charge is 2.47. The van der Waals surface area contributed by atoms with Crippen LogP contribution in [0.15, 0.2) is 42.1 Å². The molecule has 3 aromatic rings.